The maximum atomic E-state index is 13.4. The predicted octanol–water partition coefficient (Wildman–Crippen LogP) is 3.80. The van der Waals surface area contributed by atoms with E-state index in [-0.39, 0.29) is 19.0 Å². The summed E-state index contributed by atoms with van der Waals surface area (Å²) in [6, 6.07) is 11.5. The first-order valence-electron chi connectivity index (χ1n) is 10.1. The van der Waals surface area contributed by atoms with E-state index in [1.54, 1.807) is 43.3 Å². The summed E-state index contributed by atoms with van der Waals surface area (Å²) in [5, 5.41) is 19.0. The van der Waals surface area contributed by atoms with E-state index in [0.717, 1.165) is 5.56 Å². The molecule has 1 amide bonds. The average Bonchev–Trinajstić information content (AvgIpc) is 3.23. The molecule has 1 aliphatic heterocycles. The molecule has 0 fully saturated rings. The number of nitrogens with zero attached hydrogens (tertiary/aromatic N) is 5. The van der Waals surface area contributed by atoms with Crippen molar-refractivity contribution < 1.29 is 23.1 Å². The van der Waals surface area contributed by atoms with E-state index in [0.29, 0.717) is 29.4 Å². The average molecular weight is 455 g/mol. The third-order valence-electron chi connectivity index (χ3n) is 5.74. The van der Waals surface area contributed by atoms with Gasteiger partial charge in [0.25, 0.3) is 5.91 Å². The van der Waals surface area contributed by atoms with Crippen LogP contribution in [0.25, 0.3) is 11.3 Å². The van der Waals surface area contributed by atoms with Crippen molar-refractivity contribution in [2.45, 2.75) is 38.2 Å². The highest BCUT2D eigenvalue weighted by atomic mass is 19.4. The molecule has 0 saturated carbocycles. The quantitative estimate of drug-likeness (QED) is 0.648. The summed E-state index contributed by atoms with van der Waals surface area (Å²) < 4.78 is 41.4. The van der Waals surface area contributed by atoms with Gasteiger partial charge in [-0.3, -0.25) is 9.78 Å². The minimum absolute atomic E-state index is 0.0542. The van der Waals surface area contributed by atoms with Crippen molar-refractivity contribution in [1.29, 1.82) is 5.26 Å². The molecule has 170 valence electrons. The molecular formula is C23H20F3N5O2. The molecule has 7 nitrogen and oxygen atoms in total. The highest BCUT2D eigenvalue weighted by molar-refractivity contribution is 5.95. The van der Waals surface area contributed by atoms with Crippen LogP contribution in [0, 0.1) is 11.3 Å². The van der Waals surface area contributed by atoms with Gasteiger partial charge in [0.2, 0.25) is 5.60 Å². The fraction of sp³-hybridized carbons (Fsp3) is 0.304. The Balaban J connectivity index is 1.60. The lowest BCUT2D eigenvalue weighted by Crippen LogP contribution is -2.45. The zero-order valence-corrected chi connectivity index (χ0v) is 17.8. The molecule has 2 aromatic heterocycles. The van der Waals surface area contributed by atoms with E-state index < -0.39 is 23.6 Å². The van der Waals surface area contributed by atoms with Crippen molar-refractivity contribution >= 4 is 5.91 Å². The third-order valence-corrected chi connectivity index (χ3v) is 5.74. The fourth-order valence-corrected chi connectivity index (χ4v) is 3.93. The molecule has 0 spiro atoms. The van der Waals surface area contributed by atoms with Gasteiger partial charge in [-0.05, 0) is 38.1 Å². The second kappa shape index (κ2) is 8.01. The number of alkyl halides is 3. The minimum atomic E-state index is -4.89. The Morgan fingerprint density at radius 1 is 1.21 bits per heavy atom. The maximum absolute atomic E-state index is 13.4. The summed E-state index contributed by atoms with van der Waals surface area (Å²) >= 11 is 0. The Labute approximate surface area is 187 Å². The van der Waals surface area contributed by atoms with E-state index >= 15 is 0 Å². The zero-order valence-electron chi connectivity index (χ0n) is 17.8. The van der Waals surface area contributed by atoms with E-state index in [1.807, 2.05) is 6.07 Å². The monoisotopic (exact) mass is 455 g/mol. The number of hydrogen-bond donors (Lipinski definition) is 1. The zero-order chi connectivity index (χ0) is 24.0. The van der Waals surface area contributed by atoms with Crippen molar-refractivity contribution in [2.24, 2.45) is 0 Å². The third kappa shape index (κ3) is 3.96. The number of pyridine rings is 1. The van der Waals surface area contributed by atoms with Gasteiger partial charge in [-0.1, -0.05) is 12.1 Å². The van der Waals surface area contributed by atoms with Crippen LogP contribution in [0.2, 0.25) is 0 Å². The Morgan fingerprint density at radius 2 is 1.91 bits per heavy atom. The highest BCUT2D eigenvalue weighted by Gasteiger charge is 2.55. The maximum Gasteiger partial charge on any atom is 0.424 e. The SMILES string of the molecule is C[C@H]1CN(C(=O)c2ccnc(-c3ccc(C#N)cc3)c2)Cc2cnc([C@@](C)(O)C(F)(F)F)n21. The number of carbonyl (C=O) groups is 1. The van der Waals surface area contributed by atoms with Gasteiger partial charge < -0.3 is 14.6 Å². The van der Waals surface area contributed by atoms with Crippen molar-refractivity contribution in [3.05, 3.63) is 71.4 Å². The summed E-state index contributed by atoms with van der Waals surface area (Å²) in [6.07, 6.45) is -2.11. The van der Waals surface area contributed by atoms with Crippen LogP contribution in [0.15, 0.2) is 48.8 Å². The number of fused-ring (bicyclic) bond motifs is 1. The second-order valence-electron chi connectivity index (χ2n) is 8.17. The minimum Gasteiger partial charge on any atom is -0.374 e. The molecule has 33 heavy (non-hydrogen) atoms. The van der Waals surface area contributed by atoms with Crippen LogP contribution in [0.3, 0.4) is 0 Å². The summed E-state index contributed by atoms with van der Waals surface area (Å²) in [5.41, 5.74) is -0.507. The van der Waals surface area contributed by atoms with Crippen LogP contribution >= 0.6 is 0 Å². The van der Waals surface area contributed by atoms with Gasteiger partial charge in [0.05, 0.1) is 41.8 Å². The van der Waals surface area contributed by atoms with Gasteiger partial charge in [0, 0.05) is 23.9 Å². The predicted molar refractivity (Wildman–Crippen MR) is 112 cm³/mol. The summed E-state index contributed by atoms with van der Waals surface area (Å²) in [5.74, 6) is -0.785. The molecule has 0 radical (unpaired) electrons. The van der Waals surface area contributed by atoms with Crippen LogP contribution in [0.5, 0.6) is 0 Å². The summed E-state index contributed by atoms with van der Waals surface area (Å²) in [4.78, 5) is 22.9. The van der Waals surface area contributed by atoms with Crippen molar-refractivity contribution in [3.63, 3.8) is 0 Å². The Morgan fingerprint density at radius 3 is 2.55 bits per heavy atom. The molecule has 0 saturated heterocycles. The number of aromatic nitrogens is 3. The van der Waals surface area contributed by atoms with Crippen LogP contribution in [-0.4, -0.2) is 43.2 Å². The van der Waals surface area contributed by atoms with Gasteiger partial charge in [-0.2, -0.15) is 18.4 Å². The number of benzene rings is 1. The van der Waals surface area contributed by atoms with Gasteiger partial charge >= 0.3 is 6.18 Å². The first-order valence-corrected chi connectivity index (χ1v) is 10.1. The van der Waals surface area contributed by atoms with E-state index in [2.05, 4.69) is 9.97 Å². The number of hydrogen-bond acceptors (Lipinski definition) is 5. The van der Waals surface area contributed by atoms with Gasteiger partial charge in [0.15, 0.2) is 5.82 Å². The molecule has 1 aromatic carbocycles. The lowest BCUT2D eigenvalue weighted by atomic mass is 10.0. The molecule has 1 N–H and O–H groups in total. The van der Waals surface area contributed by atoms with Crippen molar-refractivity contribution in [1.82, 2.24) is 19.4 Å². The fourth-order valence-electron chi connectivity index (χ4n) is 3.93. The highest BCUT2D eigenvalue weighted by Crippen LogP contribution is 2.40. The second-order valence-corrected chi connectivity index (χ2v) is 8.17. The van der Waals surface area contributed by atoms with E-state index in [9.17, 15) is 23.1 Å². The first-order chi connectivity index (χ1) is 15.5. The Hall–Kier alpha value is -3.71. The molecule has 4 rings (SSSR count). The molecule has 0 aliphatic carbocycles. The van der Waals surface area contributed by atoms with Crippen LogP contribution in [0.1, 0.15) is 47.3 Å². The standard InChI is InChI=1S/C23H20F3N5O2/c1-14-12-30(13-18-11-29-21(31(14)18)22(2,33)23(24,25)26)20(32)17-7-8-28-19(9-17)16-5-3-15(10-27)4-6-16/h3-9,11,14,33H,12-13H2,1-2H3/t14-,22+/m0/s1. The number of amides is 1. The van der Waals surface area contributed by atoms with E-state index in [1.165, 1.54) is 21.9 Å². The van der Waals surface area contributed by atoms with Crippen molar-refractivity contribution in [3.8, 4) is 17.3 Å². The lowest BCUT2D eigenvalue weighted by Gasteiger charge is -2.36. The summed E-state index contributed by atoms with van der Waals surface area (Å²) in [6.45, 7) is 2.56. The topological polar surface area (TPSA) is 95.0 Å². The molecule has 3 aromatic rings. The normalized spacial score (nSPS) is 17.7. The molecule has 10 heteroatoms. The van der Waals surface area contributed by atoms with E-state index in [4.69, 9.17) is 5.26 Å². The lowest BCUT2D eigenvalue weighted by molar-refractivity contribution is -0.263. The smallest absolute Gasteiger partial charge is 0.374 e. The summed E-state index contributed by atoms with van der Waals surface area (Å²) in [7, 11) is 0. The first kappa shape index (κ1) is 22.5. The van der Waals surface area contributed by atoms with Gasteiger partial charge in [0.1, 0.15) is 0 Å². The molecular weight excluding hydrogens is 435 g/mol. The Kier molecular flexibility index (Phi) is 5.46. The van der Waals surface area contributed by atoms with Crippen LogP contribution < -0.4 is 0 Å². The van der Waals surface area contributed by atoms with Crippen molar-refractivity contribution in [2.75, 3.05) is 6.54 Å². The van der Waals surface area contributed by atoms with Crippen LogP contribution in [0.4, 0.5) is 13.2 Å². The largest absolute Gasteiger partial charge is 0.424 e. The number of nitriles is 1. The number of rotatable bonds is 3. The number of imidazole rings is 1. The number of halogens is 3. The molecule has 3 heterocycles. The molecule has 1 aliphatic rings. The van der Waals surface area contributed by atoms with Crippen LogP contribution in [-0.2, 0) is 12.1 Å². The molecule has 2 atom stereocenters. The number of carbonyl (C=O) groups excluding carboxylic acids is 1. The van der Waals surface area contributed by atoms with Gasteiger partial charge in [-0.15, -0.1) is 0 Å². The number of aliphatic hydroxyl groups is 1. The molecule has 0 unspecified atom stereocenters. The Bertz CT molecular complexity index is 1240. The van der Waals surface area contributed by atoms with Gasteiger partial charge in [-0.25, -0.2) is 4.98 Å². The molecule has 0 bridgehead atoms.